The van der Waals surface area contributed by atoms with Crippen molar-refractivity contribution in [2.45, 2.75) is 18.8 Å². The van der Waals surface area contributed by atoms with E-state index < -0.39 is 19.2 Å². The van der Waals surface area contributed by atoms with E-state index in [1.54, 1.807) is 78.9 Å². The molecule has 1 N–H and O–H groups in total. The Bertz CT molecular complexity index is 1240. The summed E-state index contributed by atoms with van der Waals surface area (Å²) in [7, 11) is -3.99. The van der Waals surface area contributed by atoms with E-state index >= 15 is 0 Å². The maximum absolute atomic E-state index is 14.9. The van der Waals surface area contributed by atoms with Gasteiger partial charge in [0.05, 0.1) is 0 Å². The molecule has 7 heteroatoms. The van der Waals surface area contributed by atoms with Crippen LogP contribution in [0, 0.1) is 0 Å². The van der Waals surface area contributed by atoms with E-state index in [-0.39, 0.29) is 22.8 Å². The molecular weight excluding hydrogens is 446 g/mol. The largest absolute Gasteiger partial charge is 0.436 e. The molecule has 4 rings (SSSR count). The molecule has 0 radical (unpaired) electrons. The average molecular weight is 469 g/mol. The molecule has 0 saturated carbocycles. The van der Waals surface area contributed by atoms with Crippen LogP contribution in [0.5, 0.6) is 0 Å². The Morgan fingerprint density at radius 2 is 1.27 bits per heavy atom. The Balaban J connectivity index is 1.97. The molecule has 0 amide bonds. The third-order valence-corrected chi connectivity index (χ3v) is 8.15. The molecule has 0 spiro atoms. The molecule has 4 aromatic carbocycles. The summed E-state index contributed by atoms with van der Waals surface area (Å²) in [5.74, 6) is 0. The summed E-state index contributed by atoms with van der Waals surface area (Å²) >= 11 is 0. The second-order valence-corrected chi connectivity index (χ2v) is 10.0. The summed E-state index contributed by atoms with van der Waals surface area (Å²) in [5, 5.41) is 4.44. The van der Waals surface area contributed by atoms with Crippen molar-refractivity contribution in [3.8, 4) is 0 Å². The van der Waals surface area contributed by atoms with Gasteiger partial charge in [-0.25, -0.2) is 5.09 Å². The lowest BCUT2D eigenvalue weighted by molar-refractivity contribution is -0.289. The summed E-state index contributed by atoms with van der Waals surface area (Å²) in [5.41, 5.74) is -3.16. The lowest BCUT2D eigenvalue weighted by Gasteiger charge is -2.39. The standard InChI is InChI=1S/C26H23F3NO2P/c1-2-32-25(26(27,28)29,22-18-17-20-11-9-10-12-21(20)19-22)30-33(31,23-13-5-3-6-14-23)24-15-7-4-8-16-24/h3-19H,2H2,1H3,(H,30,31). The van der Waals surface area contributed by atoms with Crippen molar-refractivity contribution in [1.29, 1.82) is 0 Å². The molecule has 0 aromatic heterocycles. The van der Waals surface area contributed by atoms with Crippen molar-refractivity contribution in [3.05, 3.63) is 109 Å². The number of hydrogen-bond donors (Lipinski definition) is 1. The zero-order valence-electron chi connectivity index (χ0n) is 17.9. The smallest absolute Gasteiger partial charge is 0.348 e. The zero-order valence-corrected chi connectivity index (χ0v) is 18.8. The fourth-order valence-electron chi connectivity index (χ4n) is 3.89. The number of hydrogen-bond acceptors (Lipinski definition) is 2. The van der Waals surface area contributed by atoms with E-state index in [0.717, 1.165) is 5.39 Å². The van der Waals surface area contributed by atoms with Gasteiger partial charge in [-0.3, -0.25) is 4.57 Å². The zero-order chi connectivity index (χ0) is 23.5. The van der Waals surface area contributed by atoms with Gasteiger partial charge in [-0.15, -0.1) is 0 Å². The molecule has 0 aliphatic carbocycles. The van der Waals surface area contributed by atoms with Gasteiger partial charge in [-0.2, -0.15) is 13.2 Å². The molecule has 0 saturated heterocycles. The Labute approximate surface area is 190 Å². The summed E-state index contributed by atoms with van der Waals surface area (Å²) in [6.07, 6.45) is -4.91. The SMILES string of the molecule is CCOC(NP(=O)(c1ccccc1)c1ccccc1)(c1ccc2ccccc2c1)C(F)(F)F. The molecule has 0 aliphatic heterocycles. The highest BCUT2D eigenvalue weighted by atomic mass is 31.2. The highest BCUT2D eigenvalue weighted by Crippen LogP contribution is 2.50. The van der Waals surface area contributed by atoms with E-state index in [9.17, 15) is 17.7 Å². The van der Waals surface area contributed by atoms with Crippen LogP contribution < -0.4 is 15.7 Å². The molecule has 4 aromatic rings. The molecule has 33 heavy (non-hydrogen) atoms. The highest BCUT2D eigenvalue weighted by Gasteiger charge is 2.60. The van der Waals surface area contributed by atoms with Gasteiger partial charge in [0.2, 0.25) is 13.0 Å². The van der Waals surface area contributed by atoms with Crippen LogP contribution in [0.25, 0.3) is 10.8 Å². The first kappa shape index (κ1) is 23.2. The minimum absolute atomic E-state index is 0.164. The number of fused-ring (bicyclic) bond motifs is 1. The average Bonchev–Trinajstić information content (AvgIpc) is 2.83. The molecule has 3 nitrogen and oxygen atoms in total. The van der Waals surface area contributed by atoms with E-state index in [0.29, 0.717) is 5.39 Å². The number of rotatable bonds is 7. The van der Waals surface area contributed by atoms with Gasteiger partial charge in [0.15, 0.2) is 0 Å². The van der Waals surface area contributed by atoms with Crippen LogP contribution in [0.1, 0.15) is 12.5 Å². The minimum atomic E-state index is -4.91. The van der Waals surface area contributed by atoms with Crippen molar-refractivity contribution in [2.24, 2.45) is 0 Å². The molecule has 1 atom stereocenters. The molecule has 0 aliphatic rings. The maximum atomic E-state index is 14.9. The fraction of sp³-hybridized carbons (Fsp3) is 0.154. The van der Waals surface area contributed by atoms with Gasteiger partial charge in [0.1, 0.15) is 0 Å². The number of ether oxygens (including phenoxy) is 1. The Hall–Kier alpha value is -2.92. The molecule has 170 valence electrons. The third-order valence-electron chi connectivity index (χ3n) is 5.47. The fourth-order valence-corrected chi connectivity index (χ4v) is 6.39. The van der Waals surface area contributed by atoms with E-state index in [1.165, 1.54) is 19.1 Å². The van der Waals surface area contributed by atoms with Crippen LogP contribution in [0.2, 0.25) is 0 Å². The van der Waals surface area contributed by atoms with Gasteiger partial charge in [0.25, 0.3) is 0 Å². The molecule has 0 heterocycles. The number of alkyl halides is 3. The topological polar surface area (TPSA) is 38.3 Å². The van der Waals surface area contributed by atoms with Gasteiger partial charge in [-0.05, 0) is 48.0 Å². The summed E-state index contributed by atoms with van der Waals surface area (Å²) in [6, 6.07) is 27.9. The highest BCUT2D eigenvalue weighted by molar-refractivity contribution is 7.77. The Morgan fingerprint density at radius 1 is 0.758 bits per heavy atom. The Morgan fingerprint density at radius 3 is 1.79 bits per heavy atom. The van der Waals surface area contributed by atoms with E-state index in [2.05, 4.69) is 5.09 Å². The Kier molecular flexibility index (Phi) is 6.44. The van der Waals surface area contributed by atoms with E-state index in [1.807, 2.05) is 12.1 Å². The van der Waals surface area contributed by atoms with Gasteiger partial charge in [-0.1, -0.05) is 72.8 Å². The van der Waals surface area contributed by atoms with Crippen molar-refractivity contribution >= 4 is 28.7 Å². The predicted molar refractivity (Wildman–Crippen MR) is 126 cm³/mol. The number of nitrogens with one attached hydrogen (secondary N) is 1. The minimum Gasteiger partial charge on any atom is -0.348 e. The van der Waals surface area contributed by atoms with Crippen LogP contribution in [0.4, 0.5) is 13.2 Å². The van der Waals surface area contributed by atoms with Crippen molar-refractivity contribution in [2.75, 3.05) is 6.61 Å². The van der Waals surface area contributed by atoms with Crippen molar-refractivity contribution in [1.82, 2.24) is 5.09 Å². The molecule has 0 bridgehead atoms. The molecule has 1 unspecified atom stereocenters. The first-order chi connectivity index (χ1) is 15.8. The molecule has 0 fully saturated rings. The monoisotopic (exact) mass is 469 g/mol. The van der Waals surface area contributed by atoms with Crippen molar-refractivity contribution < 1.29 is 22.5 Å². The summed E-state index contributed by atoms with van der Waals surface area (Å²) in [6.45, 7) is 1.24. The van der Waals surface area contributed by atoms with Crippen molar-refractivity contribution in [3.63, 3.8) is 0 Å². The second kappa shape index (κ2) is 9.14. The lowest BCUT2D eigenvalue weighted by atomic mass is 9.99. The summed E-state index contributed by atoms with van der Waals surface area (Å²) < 4.78 is 64.7. The number of halogens is 3. The van der Waals surface area contributed by atoms with Gasteiger partial charge < -0.3 is 4.74 Å². The van der Waals surface area contributed by atoms with Gasteiger partial charge >= 0.3 is 6.18 Å². The van der Waals surface area contributed by atoms with Gasteiger partial charge in [0, 0.05) is 22.8 Å². The maximum Gasteiger partial charge on any atom is 0.436 e. The van der Waals surface area contributed by atoms with Crippen LogP contribution in [0.15, 0.2) is 103 Å². The third kappa shape index (κ3) is 4.34. The van der Waals surface area contributed by atoms with Crippen LogP contribution >= 0.6 is 7.29 Å². The van der Waals surface area contributed by atoms with Crippen LogP contribution in [0.3, 0.4) is 0 Å². The predicted octanol–water partition coefficient (Wildman–Crippen LogP) is 6.11. The number of benzene rings is 4. The van der Waals surface area contributed by atoms with Crippen LogP contribution in [-0.2, 0) is 15.0 Å². The first-order valence-electron chi connectivity index (χ1n) is 10.5. The lowest BCUT2D eigenvalue weighted by Crippen LogP contribution is -2.56. The first-order valence-corrected chi connectivity index (χ1v) is 12.2. The quantitative estimate of drug-likeness (QED) is 0.262. The normalized spacial score (nSPS) is 14.2. The van der Waals surface area contributed by atoms with Crippen LogP contribution in [-0.4, -0.2) is 12.8 Å². The summed E-state index contributed by atoms with van der Waals surface area (Å²) in [4.78, 5) is 0. The second-order valence-electron chi connectivity index (χ2n) is 7.57. The van der Waals surface area contributed by atoms with E-state index in [4.69, 9.17) is 4.74 Å². The molecular formula is C26H23F3NO2P.